The van der Waals surface area contributed by atoms with Gasteiger partial charge in [0.05, 0.1) is 12.7 Å². The van der Waals surface area contributed by atoms with Crippen molar-refractivity contribution in [3.8, 4) is 0 Å². The van der Waals surface area contributed by atoms with Gasteiger partial charge in [0.15, 0.2) is 5.82 Å². The van der Waals surface area contributed by atoms with E-state index in [0.29, 0.717) is 17.9 Å². The number of piperidine rings is 1. The molecule has 2 aliphatic rings. The topological polar surface area (TPSA) is 54.0 Å². The molecule has 22 heavy (non-hydrogen) atoms. The first-order valence-corrected chi connectivity index (χ1v) is 8.95. The Morgan fingerprint density at radius 2 is 2.45 bits per heavy atom. The van der Waals surface area contributed by atoms with Gasteiger partial charge in [-0.1, -0.05) is 0 Å². The standard InChI is InChI=1S/C16H22N4OS/c1-11-17-16(19-18-11)6-15-14-2-4-20(8-13(14)9-21-15)7-12-3-5-22-10-12/h3,5,10,13-15H,2,4,6-9H2,1H3,(H,17,18,19)/t13-,14-,15+/m1/s1. The molecular weight excluding hydrogens is 296 g/mol. The van der Waals surface area contributed by atoms with E-state index in [1.54, 1.807) is 11.3 Å². The largest absolute Gasteiger partial charge is 0.377 e. The third-order valence-corrected chi connectivity index (χ3v) is 5.62. The summed E-state index contributed by atoms with van der Waals surface area (Å²) >= 11 is 1.78. The van der Waals surface area contributed by atoms with Crippen molar-refractivity contribution in [2.45, 2.75) is 32.4 Å². The van der Waals surface area contributed by atoms with Crippen molar-refractivity contribution in [2.75, 3.05) is 19.7 Å². The lowest BCUT2D eigenvalue weighted by Gasteiger charge is -2.35. The van der Waals surface area contributed by atoms with Gasteiger partial charge in [0.25, 0.3) is 0 Å². The van der Waals surface area contributed by atoms with Gasteiger partial charge in [-0.2, -0.15) is 16.4 Å². The molecule has 5 nitrogen and oxygen atoms in total. The van der Waals surface area contributed by atoms with Crippen LogP contribution in [0.1, 0.15) is 23.6 Å². The van der Waals surface area contributed by atoms with Gasteiger partial charge in [-0.3, -0.25) is 10.00 Å². The number of aromatic amines is 1. The molecule has 4 rings (SSSR count). The normalized spacial score (nSPS) is 28.9. The summed E-state index contributed by atoms with van der Waals surface area (Å²) in [5.41, 5.74) is 1.44. The van der Waals surface area contributed by atoms with Gasteiger partial charge in [-0.05, 0) is 48.2 Å². The third kappa shape index (κ3) is 2.95. The molecule has 4 heterocycles. The number of hydrogen-bond donors (Lipinski definition) is 1. The lowest BCUT2D eigenvalue weighted by Crippen LogP contribution is -2.41. The molecule has 0 saturated carbocycles. The number of rotatable bonds is 4. The molecule has 0 aliphatic carbocycles. The van der Waals surface area contributed by atoms with Gasteiger partial charge in [0.2, 0.25) is 0 Å². The molecule has 1 N–H and O–H groups in total. The van der Waals surface area contributed by atoms with Crippen molar-refractivity contribution < 1.29 is 4.74 Å². The Labute approximate surface area is 134 Å². The Kier molecular flexibility index (Phi) is 3.98. The number of thiophene rings is 1. The maximum Gasteiger partial charge on any atom is 0.153 e. The lowest BCUT2D eigenvalue weighted by atomic mass is 9.83. The van der Waals surface area contributed by atoms with Crippen LogP contribution in [0.2, 0.25) is 0 Å². The zero-order valence-electron chi connectivity index (χ0n) is 12.9. The van der Waals surface area contributed by atoms with Crippen LogP contribution in [0.3, 0.4) is 0 Å². The van der Waals surface area contributed by atoms with Crippen molar-refractivity contribution >= 4 is 11.3 Å². The molecule has 2 saturated heterocycles. The van der Waals surface area contributed by atoms with Crippen molar-refractivity contribution in [3.63, 3.8) is 0 Å². The van der Waals surface area contributed by atoms with Crippen molar-refractivity contribution in [1.82, 2.24) is 20.1 Å². The summed E-state index contributed by atoms with van der Waals surface area (Å²) in [6.45, 7) is 6.24. The first-order valence-electron chi connectivity index (χ1n) is 8.01. The van der Waals surface area contributed by atoms with Gasteiger partial charge in [-0.25, -0.2) is 4.98 Å². The fourth-order valence-corrected chi connectivity index (χ4v) is 4.48. The van der Waals surface area contributed by atoms with Crippen molar-refractivity contribution in [2.24, 2.45) is 11.8 Å². The minimum atomic E-state index is 0.295. The van der Waals surface area contributed by atoms with E-state index in [0.717, 1.165) is 37.8 Å². The molecular formula is C16H22N4OS. The molecule has 0 aromatic carbocycles. The summed E-state index contributed by atoms with van der Waals surface area (Å²) in [6.07, 6.45) is 2.36. The van der Waals surface area contributed by atoms with Crippen LogP contribution in [0, 0.1) is 18.8 Å². The van der Waals surface area contributed by atoms with E-state index in [1.165, 1.54) is 18.5 Å². The van der Waals surface area contributed by atoms with Crippen LogP contribution in [-0.4, -0.2) is 45.9 Å². The van der Waals surface area contributed by atoms with E-state index in [-0.39, 0.29) is 0 Å². The molecule has 0 bridgehead atoms. The SMILES string of the molecule is Cc1nc(C[C@@H]2OC[C@H]3CN(Cc4ccsc4)CC[C@H]32)n[nH]1. The molecule has 118 valence electrons. The molecule has 0 amide bonds. The molecule has 0 radical (unpaired) electrons. The number of ether oxygens (including phenoxy) is 1. The fraction of sp³-hybridized carbons (Fsp3) is 0.625. The molecule has 2 aromatic rings. The van der Waals surface area contributed by atoms with Crippen molar-refractivity contribution in [1.29, 1.82) is 0 Å². The second kappa shape index (κ2) is 6.10. The summed E-state index contributed by atoms with van der Waals surface area (Å²) in [6, 6.07) is 2.23. The zero-order valence-corrected chi connectivity index (χ0v) is 13.7. The molecule has 3 atom stereocenters. The van der Waals surface area contributed by atoms with E-state index in [2.05, 4.69) is 36.9 Å². The van der Waals surface area contributed by atoms with Crippen molar-refractivity contribution in [3.05, 3.63) is 34.0 Å². The van der Waals surface area contributed by atoms with Crippen LogP contribution >= 0.6 is 11.3 Å². The minimum Gasteiger partial charge on any atom is -0.377 e. The number of fused-ring (bicyclic) bond motifs is 1. The highest BCUT2D eigenvalue weighted by Gasteiger charge is 2.41. The molecule has 6 heteroatoms. The van der Waals surface area contributed by atoms with Gasteiger partial charge < -0.3 is 4.74 Å². The van der Waals surface area contributed by atoms with E-state index >= 15 is 0 Å². The van der Waals surface area contributed by atoms with Gasteiger partial charge in [0.1, 0.15) is 5.82 Å². The maximum absolute atomic E-state index is 6.08. The van der Waals surface area contributed by atoms with E-state index < -0.39 is 0 Å². The lowest BCUT2D eigenvalue weighted by molar-refractivity contribution is 0.0834. The van der Waals surface area contributed by atoms with Crippen LogP contribution < -0.4 is 0 Å². The first-order chi connectivity index (χ1) is 10.8. The molecule has 2 aliphatic heterocycles. The quantitative estimate of drug-likeness (QED) is 0.939. The van der Waals surface area contributed by atoms with Crippen LogP contribution in [0.5, 0.6) is 0 Å². The molecule has 0 spiro atoms. The predicted octanol–water partition coefficient (Wildman–Crippen LogP) is 2.25. The predicted molar refractivity (Wildman–Crippen MR) is 85.8 cm³/mol. The summed E-state index contributed by atoms with van der Waals surface area (Å²) in [4.78, 5) is 7.00. The highest BCUT2D eigenvalue weighted by atomic mass is 32.1. The number of likely N-dealkylation sites (tertiary alicyclic amines) is 1. The summed E-state index contributed by atoms with van der Waals surface area (Å²) in [7, 11) is 0. The van der Waals surface area contributed by atoms with E-state index in [1.807, 2.05) is 6.92 Å². The van der Waals surface area contributed by atoms with Gasteiger partial charge in [-0.15, -0.1) is 0 Å². The molecule has 2 fully saturated rings. The number of nitrogens with one attached hydrogen (secondary N) is 1. The van der Waals surface area contributed by atoms with Crippen LogP contribution in [-0.2, 0) is 17.7 Å². The van der Waals surface area contributed by atoms with E-state index in [4.69, 9.17) is 4.74 Å². The zero-order chi connectivity index (χ0) is 14.9. The summed E-state index contributed by atoms with van der Waals surface area (Å²) in [5, 5.41) is 11.6. The number of aryl methyl sites for hydroxylation is 1. The van der Waals surface area contributed by atoms with Gasteiger partial charge >= 0.3 is 0 Å². The second-order valence-corrected chi connectivity index (χ2v) is 7.27. The molecule has 2 aromatic heterocycles. The molecule has 0 unspecified atom stereocenters. The van der Waals surface area contributed by atoms with Crippen LogP contribution in [0.15, 0.2) is 16.8 Å². The highest BCUT2D eigenvalue weighted by Crippen LogP contribution is 2.36. The maximum atomic E-state index is 6.08. The fourth-order valence-electron chi connectivity index (χ4n) is 3.82. The Balaban J connectivity index is 1.35. The monoisotopic (exact) mass is 318 g/mol. The summed E-state index contributed by atoms with van der Waals surface area (Å²) < 4.78 is 6.08. The Morgan fingerprint density at radius 3 is 3.23 bits per heavy atom. The smallest absolute Gasteiger partial charge is 0.153 e. The summed E-state index contributed by atoms with van der Waals surface area (Å²) in [5.74, 6) is 3.11. The number of aromatic nitrogens is 3. The number of nitrogens with zero attached hydrogens (tertiary/aromatic N) is 3. The van der Waals surface area contributed by atoms with E-state index in [9.17, 15) is 0 Å². The third-order valence-electron chi connectivity index (χ3n) is 4.89. The highest BCUT2D eigenvalue weighted by molar-refractivity contribution is 7.07. The average molecular weight is 318 g/mol. The van der Waals surface area contributed by atoms with Crippen LogP contribution in [0.4, 0.5) is 0 Å². The number of hydrogen-bond acceptors (Lipinski definition) is 5. The Morgan fingerprint density at radius 1 is 1.50 bits per heavy atom. The Bertz CT molecular complexity index is 611. The second-order valence-electron chi connectivity index (χ2n) is 6.49. The number of H-pyrrole nitrogens is 1. The van der Waals surface area contributed by atoms with Gasteiger partial charge in [0, 0.05) is 25.4 Å². The first kappa shape index (κ1) is 14.4. The average Bonchev–Trinajstić information content (AvgIpc) is 3.23. The minimum absolute atomic E-state index is 0.295. The Hall–Kier alpha value is -1.24. The van der Waals surface area contributed by atoms with Crippen LogP contribution in [0.25, 0.3) is 0 Å².